The van der Waals surface area contributed by atoms with Gasteiger partial charge in [0.2, 0.25) is 5.88 Å². The van der Waals surface area contributed by atoms with Crippen LogP contribution in [-0.2, 0) is 16.5 Å². The van der Waals surface area contributed by atoms with E-state index in [1.54, 1.807) is 44.3 Å². The van der Waals surface area contributed by atoms with Gasteiger partial charge < -0.3 is 19.9 Å². The number of nitrogens with zero attached hydrogens (tertiary/aromatic N) is 4. The highest BCUT2D eigenvalue weighted by atomic mass is 19.4. The highest BCUT2D eigenvalue weighted by Gasteiger charge is 2.36. The monoisotopic (exact) mass is 463 g/mol. The van der Waals surface area contributed by atoms with E-state index in [-0.39, 0.29) is 11.9 Å². The lowest BCUT2D eigenvalue weighted by molar-refractivity contribution is -0.141. The van der Waals surface area contributed by atoms with Gasteiger partial charge in [-0.2, -0.15) is 18.3 Å². The van der Waals surface area contributed by atoms with Gasteiger partial charge in [-0.05, 0) is 44.9 Å². The van der Waals surface area contributed by atoms with Gasteiger partial charge in [0.1, 0.15) is 17.2 Å². The Morgan fingerprint density at radius 3 is 2.48 bits per heavy atom. The lowest BCUT2D eigenvalue weighted by Gasteiger charge is -2.23. The predicted molar refractivity (Wildman–Crippen MR) is 113 cm³/mol. The third-order valence-electron chi connectivity index (χ3n) is 5.15. The second-order valence-electron chi connectivity index (χ2n) is 8.25. The molecule has 0 saturated carbocycles. The molecule has 1 fully saturated rings. The van der Waals surface area contributed by atoms with E-state index in [1.165, 1.54) is 10.9 Å². The molecule has 1 aliphatic heterocycles. The standard InChI is InChI=1S/C22H24F3N5O3/c1-21(2,31)17-4-3-14(13-27-17)28-19-11-16(5-8-26-19)33-20-12-18(22(23,24)25)29-30(20)15-6-9-32-10-7-15/h3-5,8,11-13,15,31H,6-7,9-10H2,1-2H3,(H,26,28). The fraction of sp³-hybridized carbons (Fsp3) is 0.409. The highest BCUT2D eigenvalue weighted by Crippen LogP contribution is 2.36. The lowest BCUT2D eigenvalue weighted by Crippen LogP contribution is -2.21. The van der Waals surface area contributed by atoms with Crippen LogP contribution in [0.3, 0.4) is 0 Å². The molecule has 4 rings (SSSR count). The molecule has 0 amide bonds. The highest BCUT2D eigenvalue weighted by molar-refractivity contribution is 5.56. The average Bonchev–Trinajstić information content (AvgIpc) is 3.19. The maximum absolute atomic E-state index is 13.3. The number of anilines is 2. The number of nitrogens with one attached hydrogen (secondary N) is 1. The van der Waals surface area contributed by atoms with Crippen LogP contribution >= 0.6 is 0 Å². The summed E-state index contributed by atoms with van der Waals surface area (Å²) in [5.41, 5.74) is -0.929. The zero-order valence-electron chi connectivity index (χ0n) is 18.1. The van der Waals surface area contributed by atoms with E-state index < -0.39 is 17.5 Å². The number of aliphatic hydroxyl groups is 1. The molecule has 176 valence electrons. The third-order valence-corrected chi connectivity index (χ3v) is 5.15. The Morgan fingerprint density at radius 2 is 1.85 bits per heavy atom. The summed E-state index contributed by atoms with van der Waals surface area (Å²) in [6.45, 7) is 4.18. The molecule has 4 heterocycles. The van der Waals surface area contributed by atoms with Crippen molar-refractivity contribution in [1.82, 2.24) is 19.7 Å². The number of pyridine rings is 2. The second-order valence-corrected chi connectivity index (χ2v) is 8.25. The second kappa shape index (κ2) is 8.99. The van der Waals surface area contributed by atoms with Gasteiger partial charge >= 0.3 is 6.18 Å². The van der Waals surface area contributed by atoms with Gasteiger partial charge in [-0.25, -0.2) is 9.67 Å². The minimum Gasteiger partial charge on any atom is -0.439 e. The molecule has 33 heavy (non-hydrogen) atoms. The van der Waals surface area contributed by atoms with E-state index >= 15 is 0 Å². The Labute approximate surface area is 188 Å². The number of halogens is 3. The zero-order valence-corrected chi connectivity index (χ0v) is 18.1. The summed E-state index contributed by atoms with van der Waals surface area (Å²) in [5, 5.41) is 16.9. The van der Waals surface area contributed by atoms with Crippen molar-refractivity contribution >= 4 is 11.5 Å². The van der Waals surface area contributed by atoms with E-state index in [2.05, 4.69) is 20.4 Å². The van der Waals surface area contributed by atoms with Crippen molar-refractivity contribution in [2.24, 2.45) is 0 Å². The molecule has 3 aromatic rings. The van der Waals surface area contributed by atoms with E-state index in [9.17, 15) is 18.3 Å². The topological polar surface area (TPSA) is 94.3 Å². The van der Waals surface area contributed by atoms with Gasteiger partial charge in [-0.3, -0.25) is 4.98 Å². The molecule has 2 N–H and O–H groups in total. The molecule has 0 aliphatic carbocycles. The molecule has 0 bridgehead atoms. The van der Waals surface area contributed by atoms with Crippen molar-refractivity contribution in [3.63, 3.8) is 0 Å². The summed E-state index contributed by atoms with van der Waals surface area (Å²) >= 11 is 0. The average molecular weight is 463 g/mol. The molecule has 1 saturated heterocycles. The van der Waals surface area contributed by atoms with E-state index in [0.717, 1.165) is 6.07 Å². The Morgan fingerprint density at radius 1 is 1.09 bits per heavy atom. The normalized spacial score (nSPS) is 15.5. The van der Waals surface area contributed by atoms with Crippen molar-refractivity contribution in [3.05, 3.63) is 54.1 Å². The quantitative estimate of drug-likeness (QED) is 0.542. The maximum atomic E-state index is 13.3. The minimum absolute atomic E-state index is 0.00238. The summed E-state index contributed by atoms with van der Waals surface area (Å²) in [4.78, 5) is 8.44. The van der Waals surface area contributed by atoms with Gasteiger partial charge in [0.15, 0.2) is 5.69 Å². The molecular weight excluding hydrogens is 439 g/mol. The summed E-state index contributed by atoms with van der Waals surface area (Å²) in [6, 6.07) is 7.21. The van der Waals surface area contributed by atoms with Gasteiger partial charge in [0.25, 0.3) is 0 Å². The zero-order chi connectivity index (χ0) is 23.6. The SMILES string of the molecule is CC(C)(O)c1ccc(Nc2cc(Oc3cc(C(F)(F)F)nn3C3CCOCC3)ccn2)cn1. The van der Waals surface area contributed by atoms with Gasteiger partial charge in [-0.15, -0.1) is 0 Å². The summed E-state index contributed by atoms with van der Waals surface area (Å²) in [6.07, 6.45) is -0.450. The van der Waals surface area contributed by atoms with Crippen molar-refractivity contribution in [2.45, 2.75) is 44.5 Å². The Balaban J connectivity index is 1.55. The van der Waals surface area contributed by atoms with Crippen LogP contribution in [-0.4, -0.2) is 38.1 Å². The Bertz CT molecular complexity index is 1090. The number of alkyl halides is 3. The first kappa shape index (κ1) is 23.0. The van der Waals surface area contributed by atoms with Crippen molar-refractivity contribution < 1.29 is 27.8 Å². The fourth-order valence-electron chi connectivity index (χ4n) is 3.42. The fourth-order valence-corrected chi connectivity index (χ4v) is 3.42. The van der Waals surface area contributed by atoms with Crippen molar-refractivity contribution in [1.29, 1.82) is 0 Å². The number of rotatable bonds is 6. The van der Waals surface area contributed by atoms with E-state index in [4.69, 9.17) is 9.47 Å². The number of aromatic nitrogens is 4. The molecule has 0 spiro atoms. The van der Waals surface area contributed by atoms with Gasteiger partial charge in [0.05, 0.1) is 23.6 Å². The molecule has 0 atom stereocenters. The molecule has 0 radical (unpaired) electrons. The Kier molecular flexibility index (Phi) is 6.26. The third kappa shape index (κ3) is 5.60. The van der Waals surface area contributed by atoms with E-state index in [0.29, 0.717) is 49.0 Å². The first-order valence-electron chi connectivity index (χ1n) is 10.4. The molecule has 3 aromatic heterocycles. The summed E-state index contributed by atoms with van der Waals surface area (Å²) in [7, 11) is 0. The number of hydrogen-bond donors (Lipinski definition) is 2. The number of ether oxygens (including phenoxy) is 2. The van der Waals surface area contributed by atoms with Crippen LogP contribution in [0.5, 0.6) is 11.6 Å². The first-order chi connectivity index (χ1) is 15.6. The van der Waals surface area contributed by atoms with Crippen LogP contribution in [0.15, 0.2) is 42.7 Å². The molecular formula is C22H24F3N5O3. The smallest absolute Gasteiger partial charge is 0.435 e. The van der Waals surface area contributed by atoms with Crippen LogP contribution in [0.25, 0.3) is 0 Å². The molecule has 1 aliphatic rings. The Hall–Kier alpha value is -3.18. The van der Waals surface area contributed by atoms with Crippen LogP contribution in [0.1, 0.15) is 44.1 Å². The maximum Gasteiger partial charge on any atom is 0.435 e. The van der Waals surface area contributed by atoms with Crippen molar-refractivity contribution in [2.75, 3.05) is 18.5 Å². The van der Waals surface area contributed by atoms with Crippen LogP contribution in [0, 0.1) is 0 Å². The van der Waals surface area contributed by atoms with Gasteiger partial charge in [0, 0.05) is 31.5 Å². The number of hydrogen-bond acceptors (Lipinski definition) is 7. The predicted octanol–water partition coefficient (Wildman–Crippen LogP) is 4.81. The van der Waals surface area contributed by atoms with E-state index in [1.807, 2.05) is 0 Å². The lowest BCUT2D eigenvalue weighted by atomic mass is 10.1. The minimum atomic E-state index is -4.58. The van der Waals surface area contributed by atoms with Crippen LogP contribution in [0.2, 0.25) is 0 Å². The molecule has 0 aromatic carbocycles. The largest absolute Gasteiger partial charge is 0.439 e. The van der Waals surface area contributed by atoms with Crippen molar-refractivity contribution in [3.8, 4) is 11.6 Å². The summed E-state index contributed by atoms with van der Waals surface area (Å²) in [5.74, 6) is 0.719. The van der Waals surface area contributed by atoms with Crippen LogP contribution < -0.4 is 10.1 Å². The molecule has 11 heteroatoms. The molecule has 0 unspecified atom stereocenters. The first-order valence-corrected chi connectivity index (χ1v) is 10.4. The molecule has 8 nitrogen and oxygen atoms in total. The summed E-state index contributed by atoms with van der Waals surface area (Å²) < 4.78 is 52.3. The van der Waals surface area contributed by atoms with Gasteiger partial charge in [-0.1, -0.05) is 0 Å². The van der Waals surface area contributed by atoms with Crippen LogP contribution in [0.4, 0.5) is 24.7 Å².